The molecule has 148 valence electrons. The fourth-order valence-electron chi connectivity index (χ4n) is 3.35. The van der Waals surface area contributed by atoms with Crippen LogP contribution < -0.4 is 5.32 Å². The van der Waals surface area contributed by atoms with Gasteiger partial charge in [-0.1, -0.05) is 28.6 Å². The van der Waals surface area contributed by atoms with E-state index in [0.29, 0.717) is 33.0 Å². The third kappa shape index (κ3) is 3.11. The number of benzene rings is 2. The molecule has 0 aliphatic heterocycles. The third-order valence-corrected chi connectivity index (χ3v) is 5.78. The van der Waals surface area contributed by atoms with E-state index in [4.69, 9.17) is 4.52 Å². The lowest BCUT2D eigenvalue weighted by Crippen LogP contribution is -2.13. The standard InChI is InChI=1S/C22H15FN4O2S/c1-11-4-3-5-17-19(11)25-22(30-17)26-20(28)15-10-16(13-6-8-14(23)9-7-13)24-21-18(15)12(2)27-29-21/h3-10H,1-2H3,(H,25,26,28). The Bertz CT molecular complexity index is 1420. The molecule has 0 unspecified atom stereocenters. The monoisotopic (exact) mass is 418 g/mol. The fraction of sp³-hybridized carbons (Fsp3) is 0.0909. The molecule has 1 amide bonds. The van der Waals surface area contributed by atoms with Crippen LogP contribution >= 0.6 is 11.3 Å². The lowest BCUT2D eigenvalue weighted by molar-refractivity contribution is 0.102. The van der Waals surface area contributed by atoms with Crippen LogP contribution in [-0.4, -0.2) is 21.0 Å². The topological polar surface area (TPSA) is 80.9 Å². The number of nitrogens with zero attached hydrogens (tertiary/aromatic N) is 3. The van der Waals surface area contributed by atoms with Crippen molar-refractivity contribution in [3.05, 3.63) is 71.2 Å². The van der Waals surface area contributed by atoms with Crippen molar-refractivity contribution in [2.45, 2.75) is 13.8 Å². The number of anilines is 1. The van der Waals surface area contributed by atoms with Gasteiger partial charge in [0.1, 0.15) is 5.82 Å². The molecule has 5 aromatic rings. The van der Waals surface area contributed by atoms with Gasteiger partial charge >= 0.3 is 0 Å². The summed E-state index contributed by atoms with van der Waals surface area (Å²) < 4.78 is 19.6. The molecular formula is C22H15FN4O2S. The molecule has 30 heavy (non-hydrogen) atoms. The molecule has 0 atom stereocenters. The molecule has 3 aromatic heterocycles. The van der Waals surface area contributed by atoms with E-state index in [-0.39, 0.29) is 17.4 Å². The molecule has 0 fully saturated rings. The van der Waals surface area contributed by atoms with Crippen molar-refractivity contribution in [1.29, 1.82) is 0 Å². The number of hydrogen-bond acceptors (Lipinski definition) is 6. The van der Waals surface area contributed by atoms with Crippen molar-refractivity contribution in [3.8, 4) is 11.3 Å². The summed E-state index contributed by atoms with van der Waals surface area (Å²) in [6.07, 6.45) is 0. The zero-order valence-corrected chi connectivity index (χ0v) is 16.9. The molecule has 0 bridgehead atoms. The van der Waals surface area contributed by atoms with E-state index in [0.717, 1.165) is 15.8 Å². The number of hydrogen-bond donors (Lipinski definition) is 1. The molecule has 5 rings (SSSR count). The van der Waals surface area contributed by atoms with Crippen LogP contribution in [0.4, 0.5) is 9.52 Å². The first kappa shape index (κ1) is 18.4. The number of fused-ring (bicyclic) bond motifs is 2. The van der Waals surface area contributed by atoms with Crippen molar-refractivity contribution in [3.63, 3.8) is 0 Å². The van der Waals surface area contributed by atoms with Gasteiger partial charge in [-0.25, -0.2) is 14.4 Å². The molecule has 6 nitrogen and oxygen atoms in total. The van der Waals surface area contributed by atoms with Gasteiger partial charge in [0.2, 0.25) is 0 Å². The molecule has 8 heteroatoms. The molecule has 0 aliphatic carbocycles. The second-order valence-corrected chi connectivity index (χ2v) is 7.94. The lowest BCUT2D eigenvalue weighted by Gasteiger charge is -2.07. The Morgan fingerprint density at radius 1 is 1.10 bits per heavy atom. The number of nitrogens with one attached hydrogen (secondary N) is 1. The molecule has 0 saturated heterocycles. The maximum Gasteiger partial charge on any atom is 0.259 e. The number of aromatic nitrogens is 3. The second-order valence-electron chi connectivity index (χ2n) is 6.90. The highest BCUT2D eigenvalue weighted by atomic mass is 32.1. The Labute approximate surface area is 174 Å². The van der Waals surface area contributed by atoms with Crippen molar-refractivity contribution in [2.75, 3.05) is 5.32 Å². The summed E-state index contributed by atoms with van der Waals surface area (Å²) in [5.74, 6) is -0.687. The van der Waals surface area contributed by atoms with Gasteiger partial charge in [-0.15, -0.1) is 0 Å². The molecule has 0 spiro atoms. The number of para-hydroxylation sites is 1. The average molecular weight is 418 g/mol. The Morgan fingerprint density at radius 3 is 2.67 bits per heavy atom. The number of carbonyl (C=O) groups excluding carboxylic acids is 1. The van der Waals surface area contributed by atoms with Gasteiger partial charge in [0.25, 0.3) is 11.6 Å². The Balaban J connectivity index is 1.59. The summed E-state index contributed by atoms with van der Waals surface area (Å²) in [7, 11) is 0. The molecular weight excluding hydrogens is 403 g/mol. The van der Waals surface area contributed by atoms with Gasteiger partial charge < -0.3 is 4.52 Å². The summed E-state index contributed by atoms with van der Waals surface area (Å²) in [4.78, 5) is 22.2. The quantitative estimate of drug-likeness (QED) is 0.418. The maximum atomic E-state index is 13.3. The number of halogens is 1. The van der Waals surface area contributed by atoms with E-state index < -0.39 is 0 Å². The van der Waals surface area contributed by atoms with Crippen LogP contribution in [-0.2, 0) is 0 Å². The van der Waals surface area contributed by atoms with Crippen LogP contribution in [0.15, 0.2) is 53.1 Å². The smallest absolute Gasteiger partial charge is 0.259 e. The third-order valence-electron chi connectivity index (χ3n) is 4.84. The molecule has 0 aliphatic rings. The summed E-state index contributed by atoms with van der Waals surface area (Å²) in [5.41, 5.74) is 4.25. The Hall–Kier alpha value is -3.65. The van der Waals surface area contributed by atoms with E-state index in [2.05, 4.69) is 20.4 Å². The summed E-state index contributed by atoms with van der Waals surface area (Å²) in [5, 5.41) is 7.88. The largest absolute Gasteiger partial charge is 0.335 e. The van der Waals surface area contributed by atoms with Crippen molar-refractivity contribution in [1.82, 2.24) is 15.1 Å². The van der Waals surface area contributed by atoms with Gasteiger partial charge in [0.15, 0.2) is 5.13 Å². The highest BCUT2D eigenvalue weighted by Crippen LogP contribution is 2.31. The predicted molar refractivity (Wildman–Crippen MR) is 114 cm³/mol. The summed E-state index contributed by atoms with van der Waals surface area (Å²) >= 11 is 1.41. The van der Waals surface area contributed by atoms with E-state index in [1.165, 1.54) is 23.5 Å². The normalized spacial score (nSPS) is 11.3. The highest BCUT2D eigenvalue weighted by molar-refractivity contribution is 7.22. The zero-order valence-electron chi connectivity index (χ0n) is 16.1. The van der Waals surface area contributed by atoms with Crippen molar-refractivity contribution in [2.24, 2.45) is 0 Å². The average Bonchev–Trinajstić information content (AvgIpc) is 3.32. The predicted octanol–water partition coefficient (Wildman–Crippen LogP) is 5.51. The van der Waals surface area contributed by atoms with Gasteiger partial charge in [-0.2, -0.15) is 0 Å². The Kier molecular flexibility index (Phi) is 4.29. The lowest BCUT2D eigenvalue weighted by atomic mass is 10.1. The molecule has 1 N–H and O–H groups in total. The van der Waals surface area contributed by atoms with Crippen LogP contribution in [0.2, 0.25) is 0 Å². The van der Waals surface area contributed by atoms with E-state index in [1.807, 2.05) is 25.1 Å². The molecule has 0 radical (unpaired) electrons. The van der Waals surface area contributed by atoms with Crippen LogP contribution in [0.3, 0.4) is 0 Å². The number of rotatable bonds is 3. The zero-order chi connectivity index (χ0) is 20.8. The van der Waals surface area contributed by atoms with E-state index in [9.17, 15) is 9.18 Å². The van der Waals surface area contributed by atoms with Gasteiger partial charge in [-0.05, 0) is 55.8 Å². The summed E-state index contributed by atoms with van der Waals surface area (Å²) in [6.45, 7) is 3.73. The highest BCUT2D eigenvalue weighted by Gasteiger charge is 2.20. The number of aryl methyl sites for hydroxylation is 2. The summed E-state index contributed by atoms with van der Waals surface area (Å²) in [6, 6.07) is 13.5. The van der Waals surface area contributed by atoms with Gasteiger partial charge in [0, 0.05) is 5.56 Å². The van der Waals surface area contributed by atoms with Crippen LogP contribution in [0.5, 0.6) is 0 Å². The van der Waals surface area contributed by atoms with Crippen LogP contribution in [0, 0.1) is 19.7 Å². The van der Waals surface area contributed by atoms with Gasteiger partial charge in [0.05, 0.1) is 32.6 Å². The minimum Gasteiger partial charge on any atom is -0.335 e. The van der Waals surface area contributed by atoms with Crippen molar-refractivity contribution < 1.29 is 13.7 Å². The minimum atomic E-state index is -0.348. The Morgan fingerprint density at radius 2 is 1.90 bits per heavy atom. The molecule has 0 saturated carbocycles. The maximum absolute atomic E-state index is 13.3. The minimum absolute atomic E-state index is 0.250. The van der Waals surface area contributed by atoms with Crippen molar-refractivity contribution >= 4 is 43.7 Å². The number of carbonyl (C=O) groups is 1. The van der Waals surface area contributed by atoms with Crippen LogP contribution in [0.25, 0.3) is 32.6 Å². The van der Waals surface area contributed by atoms with Gasteiger partial charge in [-0.3, -0.25) is 10.1 Å². The number of thiazole rings is 1. The van der Waals surface area contributed by atoms with E-state index >= 15 is 0 Å². The second kappa shape index (κ2) is 7.00. The first-order valence-electron chi connectivity index (χ1n) is 9.20. The van der Waals surface area contributed by atoms with Crippen LogP contribution in [0.1, 0.15) is 21.6 Å². The SMILES string of the molecule is Cc1cccc2sc(NC(=O)c3cc(-c4ccc(F)cc4)nc4onc(C)c34)nc12. The van der Waals surface area contributed by atoms with E-state index in [1.54, 1.807) is 25.1 Å². The molecule has 2 aromatic carbocycles. The first-order valence-corrected chi connectivity index (χ1v) is 10.0. The fourth-order valence-corrected chi connectivity index (χ4v) is 4.29. The molecule has 3 heterocycles. The number of amides is 1. The number of pyridine rings is 1. The first-order chi connectivity index (χ1) is 14.5.